The summed E-state index contributed by atoms with van der Waals surface area (Å²) in [6.45, 7) is 2.52. The van der Waals surface area contributed by atoms with E-state index in [2.05, 4.69) is 23.6 Å². The van der Waals surface area contributed by atoms with Crippen LogP contribution in [-0.4, -0.2) is 22.3 Å². The smallest absolute Gasteiger partial charge is 0.232 e. The highest BCUT2D eigenvalue weighted by atomic mass is 32.1. The van der Waals surface area contributed by atoms with Crippen LogP contribution in [0.25, 0.3) is 6.08 Å². The molecule has 128 valence electrons. The highest BCUT2D eigenvalue weighted by molar-refractivity contribution is 7.11. The molecule has 1 aliphatic heterocycles. The Bertz CT molecular complexity index is 855. The van der Waals surface area contributed by atoms with E-state index in [-0.39, 0.29) is 11.8 Å². The van der Waals surface area contributed by atoms with Crippen molar-refractivity contribution >= 4 is 29.3 Å². The van der Waals surface area contributed by atoms with Crippen LogP contribution in [0.1, 0.15) is 29.3 Å². The maximum Gasteiger partial charge on any atom is 0.232 e. The van der Waals surface area contributed by atoms with Gasteiger partial charge < -0.3 is 5.73 Å². The van der Waals surface area contributed by atoms with Gasteiger partial charge in [0.15, 0.2) is 5.96 Å². The number of carbonyl (C=O) groups excluding carboxylic acids is 1. The fourth-order valence-corrected chi connectivity index (χ4v) is 4.48. The number of hydrogen-bond acceptors (Lipinski definition) is 4. The second-order valence-corrected chi connectivity index (χ2v) is 7.90. The lowest BCUT2D eigenvalue weighted by molar-refractivity contribution is -0.130. The average molecular weight is 351 g/mol. The molecule has 0 fully saturated rings. The zero-order valence-electron chi connectivity index (χ0n) is 14.2. The molecule has 0 radical (unpaired) electrons. The third kappa shape index (κ3) is 3.00. The molecule has 1 aromatic carbocycles. The van der Waals surface area contributed by atoms with Gasteiger partial charge in [0.25, 0.3) is 0 Å². The number of thiophene rings is 1. The fourth-order valence-electron chi connectivity index (χ4n) is 3.64. The van der Waals surface area contributed by atoms with Crippen LogP contribution in [0.4, 0.5) is 0 Å². The molecule has 1 aromatic heterocycles. The molecule has 2 aromatic rings. The van der Waals surface area contributed by atoms with Crippen molar-refractivity contribution in [2.75, 3.05) is 0 Å². The summed E-state index contributed by atoms with van der Waals surface area (Å²) in [5.41, 5.74) is 8.12. The van der Waals surface area contributed by atoms with Crippen molar-refractivity contribution in [2.45, 2.75) is 31.8 Å². The summed E-state index contributed by atoms with van der Waals surface area (Å²) in [4.78, 5) is 20.5. The SMILES string of the molecule is C[C@@]1(C2C=Cc3sccc3C2)CC(=O)N(Cc2ccccc2)C(N)=N1. The van der Waals surface area contributed by atoms with E-state index < -0.39 is 5.54 Å². The van der Waals surface area contributed by atoms with Crippen LogP contribution < -0.4 is 5.73 Å². The third-order valence-electron chi connectivity index (χ3n) is 5.14. The maximum atomic E-state index is 12.8. The standard InChI is InChI=1S/C20H21N3OS/c1-20(16-7-8-17-15(11-16)9-10-25-17)12-18(24)23(19(21)22-20)13-14-5-3-2-4-6-14/h2-10,16H,11-13H2,1H3,(H2,21,22)/t16?,20-/m0/s1. The largest absolute Gasteiger partial charge is 0.369 e. The van der Waals surface area contributed by atoms with Crippen LogP contribution in [-0.2, 0) is 17.8 Å². The average Bonchev–Trinajstić information content (AvgIpc) is 3.07. The molecule has 1 aliphatic carbocycles. The van der Waals surface area contributed by atoms with Crippen LogP contribution in [0, 0.1) is 5.92 Å². The van der Waals surface area contributed by atoms with Crippen LogP contribution in [0.5, 0.6) is 0 Å². The Kier molecular flexibility index (Phi) is 3.96. The molecule has 0 spiro atoms. The Morgan fingerprint density at radius 1 is 1.32 bits per heavy atom. The Morgan fingerprint density at radius 2 is 2.12 bits per heavy atom. The second-order valence-electron chi connectivity index (χ2n) is 6.95. The summed E-state index contributed by atoms with van der Waals surface area (Å²) < 4.78 is 0. The predicted octanol–water partition coefficient (Wildman–Crippen LogP) is 3.44. The van der Waals surface area contributed by atoms with E-state index in [4.69, 9.17) is 10.7 Å². The van der Waals surface area contributed by atoms with Crippen molar-refractivity contribution in [1.82, 2.24) is 4.90 Å². The number of nitrogens with zero attached hydrogens (tertiary/aromatic N) is 2. The summed E-state index contributed by atoms with van der Waals surface area (Å²) in [6.07, 6.45) is 5.64. The van der Waals surface area contributed by atoms with Gasteiger partial charge in [0, 0.05) is 10.8 Å². The van der Waals surface area contributed by atoms with Crippen LogP contribution in [0.2, 0.25) is 0 Å². The number of fused-ring (bicyclic) bond motifs is 1. The molecule has 2 aliphatic rings. The monoisotopic (exact) mass is 351 g/mol. The molecule has 1 unspecified atom stereocenters. The first-order chi connectivity index (χ1) is 12.0. The van der Waals surface area contributed by atoms with E-state index in [1.807, 2.05) is 37.3 Å². The van der Waals surface area contributed by atoms with Crippen LogP contribution >= 0.6 is 11.3 Å². The van der Waals surface area contributed by atoms with Gasteiger partial charge in [0.05, 0.1) is 18.5 Å². The van der Waals surface area contributed by atoms with Gasteiger partial charge in [0.1, 0.15) is 0 Å². The van der Waals surface area contributed by atoms with E-state index in [0.29, 0.717) is 18.9 Å². The summed E-state index contributed by atoms with van der Waals surface area (Å²) in [5.74, 6) is 0.562. The highest BCUT2D eigenvalue weighted by Gasteiger charge is 2.41. The minimum Gasteiger partial charge on any atom is -0.369 e. The quantitative estimate of drug-likeness (QED) is 0.921. The van der Waals surface area contributed by atoms with Gasteiger partial charge in [-0.2, -0.15) is 0 Å². The van der Waals surface area contributed by atoms with Crippen LogP contribution in [0.15, 0.2) is 52.8 Å². The summed E-state index contributed by atoms with van der Waals surface area (Å²) in [5, 5.41) is 2.12. The third-order valence-corrected chi connectivity index (χ3v) is 6.06. The van der Waals surface area contributed by atoms with Crippen LogP contribution in [0.3, 0.4) is 0 Å². The van der Waals surface area contributed by atoms with Crippen molar-refractivity contribution in [2.24, 2.45) is 16.6 Å². The van der Waals surface area contributed by atoms with Gasteiger partial charge in [0.2, 0.25) is 5.91 Å². The van der Waals surface area contributed by atoms with Gasteiger partial charge >= 0.3 is 0 Å². The van der Waals surface area contributed by atoms with Gasteiger partial charge in [-0.05, 0) is 42.0 Å². The first-order valence-corrected chi connectivity index (χ1v) is 9.37. The van der Waals surface area contributed by atoms with E-state index in [1.165, 1.54) is 10.4 Å². The zero-order valence-corrected chi connectivity index (χ0v) is 15.0. The van der Waals surface area contributed by atoms with Crippen molar-refractivity contribution < 1.29 is 4.79 Å². The van der Waals surface area contributed by atoms with E-state index in [9.17, 15) is 4.79 Å². The van der Waals surface area contributed by atoms with Crippen molar-refractivity contribution in [3.63, 3.8) is 0 Å². The number of nitrogens with two attached hydrogens (primary N) is 1. The Hall–Kier alpha value is -2.40. The molecule has 4 rings (SSSR count). The molecule has 25 heavy (non-hydrogen) atoms. The van der Waals surface area contributed by atoms with E-state index >= 15 is 0 Å². The summed E-state index contributed by atoms with van der Waals surface area (Å²) in [7, 11) is 0. The molecule has 2 N–H and O–H groups in total. The van der Waals surface area contributed by atoms with Crippen molar-refractivity contribution in [1.29, 1.82) is 0 Å². The normalized spacial score (nSPS) is 25.6. The number of hydrogen-bond donors (Lipinski definition) is 1. The number of amides is 1. The highest BCUT2D eigenvalue weighted by Crippen LogP contribution is 2.38. The maximum absolute atomic E-state index is 12.8. The summed E-state index contributed by atoms with van der Waals surface area (Å²) in [6, 6.07) is 12.1. The zero-order chi connectivity index (χ0) is 17.4. The molecule has 1 amide bonds. The predicted molar refractivity (Wildman–Crippen MR) is 102 cm³/mol. The Balaban J connectivity index is 1.58. The Labute approximate surface area is 151 Å². The number of rotatable bonds is 3. The molecule has 5 heteroatoms. The number of guanidine groups is 1. The Morgan fingerprint density at radius 3 is 2.88 bits per heavy atom. The minimum absolute atomic E-state index is 0.0448. The topological polar surface area (TPSA) is 58.7 Å². The second kappa shape index (κ2) is 6.15. The fraction of sp³-hybridized carbons (Fsp3) is 0.300. The van der Waals surface area contributed by atoms with Gasteiger partial charge in [-0.15, -0.1) is 11.3 Å². The number of benzene rings is 1. The lowest BCUT2D eigenvalue weighted by atomic mass is 9.76. The van der Waals surface area contributed by atoms with Gasteiger partial charge in [-0.25, -0.2) is 4.99 Å². The molecule has 2 heterocycles. The molecule has 0 saturated heterocycles. The number of aliphatic imine (C=N–C) groups is 1. The lowest BCUT2D eigenvalue weighted by Gasteiger charge is -2.40. The minimum atomic E-state index is -0.482. The first-order valence-electron chi connectivity index (χ1n) is 8.49. The first kappa shape index (κ1) is 16.1. The van der Waals surface area contributed by atoms with Crippen molar-refractivity contribution in [3.8, 4) is 0 Å². The molecule has 4 nitrogen and oxygen atoms in total. The van der Waals surface area contributed by atoms with Crippen molar-refractivity contribution in [3.05, 3.63) is 63.9 Å². The van der Waals surface area contributed by atoms with Gasteiger partial charge in [-0.1, -0.05) is 36.4 Å². The van der Waals surface area contributed by atoms with E-state index in [1.54, 1.807) is 16.2 Å². The summed E-state index contributed by atoms with van der Waals surface area (Å²) >= 11 is 1.75. The molecular formula is C20H21N3OS. The molecule has 0 bridgehead atoms. The molecular weight excluding hydrogens is 330 g/mol. The van der Waals surface area contributed by atoms with Gasteiger partial charge in [-0.3, -0.25) is 9.69 Å². The van der Waals surface area contributed by atoms with E-state index in [0.717, 1.165) is 12.0 Å². The number of carbonyl (C=O) groups is 1. The lowest BCUT2D eigenvalue weighted by Crippen LogP contribution is -2.52. The molecule has 0 saturated carbocycles. The molecule has 2 atom stereocenters.